The average Bonchev–Trinajstić information content (AvgIpc) is 2.34. The lowest BCUT2D eigenvalue weighted by molar-refractivity contribution is -0.166. The monoisotopic (exact) mass is 300 g/mol. The lowest BCUT2D eigenvalue weighted by atomic mass is 9.88. The van der Waals surface area contributed by atoms with E-state index in [4.69, 9.17) is 0 Å². The molecule has 1 aliphatic rings. The van der Waals surface area contributed by atoms with Crippen LogP contribution in [0.25, 0.3) is 0 Å². The lowest BCUT2D eigenvalue weighted by Crippen LogP contribution is -2.51. The lowest BCUT2D eigenvalue weighted by Gasteiger charge is -2.35. The number of nitrogens with zero attached hydrogens (tertiary/aromatic N) is 1. The van der Waals surface area contributed by atoms with Gasteiger partial charge in [0.25, 0.3) is 0 Å². The zero-order valence-corrected chi connectivity index (χ0v) is 11.9. The van der Waals surface area contributed by atoms with Gasteiger partial charge in [0.2, 0.25) is 5.91 Å². The standard InChI is InChI=1S/C15H19F3N2O/c1-11(13-7-19-8-13)14(21)20(10-15(16,17)18)9-12-5-3-2-4-6-12/h2-6,11,13,19H,7-10H2,1H3. The van der Waals surface area contributed by atoms with Gasteiger partial charge in [-0.15, -0.1) is 0 Å². The van der Waals surface area contributed by atoms with Crippen molar-refractivity contribution < 1.29 is 18.0 Å². The minimum absolute atomic E-state index is 0.0102. The number of nitrogens with one attached hydrogen (secondary N) is 1. The van der Waals surface area contributed by atoms with E-state index in [-0.39, 0.29) is 12.5 Å². The van der Waals surface area contributed by atoms with Crippen LogP contribution in [0.5, 0.6) is 0 Å². The summed E-state index contributed by atoms with van der Waals surface area (Å²) in [5.74, 6) is -0.691. The minimum atomic E-state index is -4.39. The van der Waals surface area contributed by atoms with E-state index < -0.39 is 24.5 Å². The van der Waals surface area contributed by atoms with Crippen LogP contribution in [0.3, 0.4) is 0 Å². The molecule has 1 N–H and O–H groups in total. The first-order valence-corrected chi connectivity index (χ1v) is 6.97. The fraction of sp³-hybridized carbons (Fsp3) is 0.533. The van der Waals surface area contributed by atoms with E-state index in [1.807, 2.05) is 0 Å². The van der Waals surface area contributed by atoms with Crippen LogP contribution in [0.1, 0.15) is 12.5 Å². The Bertz CT molecular complexity index is 472. The summed E-state index contributed by atoms with van der Waals surface area (Å²) < 4.78 is 38.2. The average molecular weight is 300 g/mol. The van der Waals surface area contributed by atoms with Gasteiger partial charge in [0.15, 0.2) is 0 Å². The first-order valence-electron chi connectivity index (χ1n) is 6.97. The number of hydrogen-bond acceptors (Lipinski definition) is 2. The second-order valence-corrected chi connectivity index (χ2v) is 5.50. The molecule has 1 amide bonds. The highest BCUT2D eigenvalue weighted by Crippen LogP contribution is 2.23. The molecule has 1 fully saturated rings. The van der Waals surface area contributed by atoms with Crippen molar-refractivity contribution in [1.82, 2.24) is 10.2 Å². The van der Waals surface area contributed by atoms with Crippen molar-refractivity contribution in [3.63, 3.8) is 0 Å². The van der Waals surface area contributed by atoms with Crippen LogP contribution >= 0.6 is 0 Å². The quantitative estimate of drug-likeness (QED) is 0.906. The first kappa shape index (κ1) is 15.8. The Balaban J connectivity index is 2.09. The molecule has 1 aliphatic heterocycles. The van der Waals surface area contributed by atoms with Crippen LogP contribution in [0.4, 0.5) is 13.2 Å². The van der Waals surface area contributed by atoms with Gasteiger partial charge < -0.3 is 10.2 Å². The number of amides is 1. The molecule has 1 atom stereocenters. The third-order valence-electron chi connectivity index (χ3n) is 3.81. The van der Waals surface area contributed by atoms with Crippen LogP contribution in [0.2, 0.25) is 0 Å². The number of carbonyl (C=O) groups is 1. The van der Waals surface area contributed by atoms with E-state index in [1.54, 1.807) is 37.3 Å². The third-order valence-corrected chi connectivity index (χ3v) is 3.81. The van der Waals surface area contributed by atoms with Gasteiger partial charge in [-0.3, -0.25) is 4.79 Å². The number of benzene rings is 1. The Hall–Kier alpha value is -1.56. The minimum Gasteiger partial charge on any atom is -0.329 e. The molecule has 1 unspecified atom stereocenters. The van der Waals surface area contributed by atoms with Crippen LogP contribution in [-0.4, -0.2) is 36.6 Å². The predicted molar refractivity (Wildman–Crippen MR) is 73.4 cm³/mol. The van der Waals surface area contributed by atoms with Gasteiger partial charge >= 0.3 is 6.18 Å². The maximum absolute atomic E-state index is 12.7. The molecule has 0 radical (unpaired) electrons. The Morgan fingerprint density at radius 1 is 1.33 bits per heavy atom. The van der Waals surface area contributed by atoms with Gasteiger partial charge in [-0.1, -0.05) is 37.3 Å². The van der Waals surface area contributed by atoms with E-state index in [2.05, 4.69) is 5.32 Å². The number of halogens is 3. The normalized spacial score (nSPS) is 17.1. The summed E-state index contributed by atoms with van der Waals surface area (Å²) in [6, 6.07) is 8.76. The summed E-state index contributed by atoms with van der Waals surface area (Å²) in [6.45, 7) is 1.88. The van der Waals surface area contributed by atoms with Crippen molar-refractivity contribution in [3.8, 4) is 0 Å². The van der Waals surface area contributed by atoms with Crippen molar-refractivity contribution in [2.75, 3.05) is 19.6 Å². The molecule has 116 valence electrons. The van der Waals surface area contributed by atoms with Crippen LogP contribution in [-0.2, 0) is 11.3 Å². The third kappa shape index (κ3) is 4.46. The Labute approximate surface area is 122 Å². The van der Waals surface area contributed by atoms with Crippen LogP contribution in [0, 0.1) is 11.8 Å². The predicted octanol–water partition coefficient (Wildman–Crippen LogP) is 2.43. The number of carbonyl (C=O) groups excluding carboxylic acids is 1. The molecular weight excluding hydrogens is 281 g/mol. The van der Waals surface area contributed by atoms with E-state index in [0.29, 0.717) is 18.7 Å². The van der Waals surface area contributed by atoms with Crippen molar-refractivity contribution in [2.24, 2.45) is 11.8 Å². The van der Waals surface area contributed by atoms with Crippen LogP contribution in [0.15, 0.2) is 30.3 Å². The molecule has 0 saturated carbocycles. The number of alkyl halides is 3. The highest BCUT2D eigenvalue weighted by molar-refractivity contribution is 5.79. The van der Waals surface area contributed by atoms with Crippen LogP contribution < -0.4 is 5.32 Å². The van der Waals surface area contributed by atoms with Crippen molar-refractivity contribution in [2.45, 2.75) is 19.6 Å². The Kier molecular flexibility index (Phi) is 4.88. The highest BCUT2D eigenvalue weighted by atomic mass is 19.4. The molecule has 0 bridgehead atoms. The molecular formula is C15H19F3N2O. The van der Waals surface area contributed by atoms with E-state index >= 15 is 0 Å². The number of rotatable bonds is 5. The van der Waals surface area contributed by atoms with Gasteiger partial charge in [-0.05, 0) is 24.6 Å². The Morgan fingerprint density at radius 3 is 2.43 bits per heavy atom. The molecule has 1 heterocycles. The summed E-state index contributed by atoms with van der Waals surface area (Å²) >= 11 is 0. The maximum Gasteiger partial charge on any atom is 0.406 e. The highest BCUT2D eigenvalue weighted by Gasteiger charge is 2.37. The summed E-state index contributed by atoms with van der Waals surface area (Å²) in [5.41, 5.74) is 0.703. The SMILES string of the molecule is CC(C(=O)N(Cc1ccccc1)CC(F)(F)F)C1CNC1. The van der Waals surface area contributed by atoms with Crippen molar-refractivity contribution in [3.05, 3.63) is 35.9 Å². The van der Waals surface area contributed by atoms with Gasteiger partial charge in [-0.2, -0.15) is 13.2 Å². The summed E-state index contributed by atoms with van der Waals surface area (Å²) in [7, 11) is 0. The second kappa shape index (κ2) is 6.47. The molecule has 0 aromatic heterocycles. The van der Waals surface area contributed by atoms with Crippen molar-refractivity contribution >= 4 is 5.91 Å². The molecule has 1 aromatic rings. The molecule has 1 aromatic carbocycles. The Morgan fingerprint density at radius 2 is 1.95 bits per heavy atom. The van der Waals surface area contributed by atoms with Crippen molar-refractivity contribution in [1.29, 1.82) is 0 Å². The second-order valence-electron chi connectivity index (χ2n) is 5.50. The fourth-order valence-corrected chi connectivity index (χ4v) is 2.39. The summed E-state index contributed by atoms with van der Waals surface area (Å²) in [4.78, 5) is 13.3. The smallest absolute Gasteiger partial charge is 0.329 e. The summed E-state index contributed by atoms with van der Waals surface area (Å²) in [5, 5.41) is 3.04. The molecule has 0 spiro atoms. The maximum atomic E-state index is 12.7. The molecule has 21 heavy (non-hydrogen) atoms. The van der Waals surface area contributed by atoms with Gasteiger partial charge in [0.1, 0.15) is 6.54 Å². The van der Waals surface area contributed by atoms with E-state index in [0.717, 1.165) is 4.90 Å². The van der Waals surface area contributed by atoms with Gasteiger partial charge in [0, 0.05) is 12.5 Å². The fourth-order valence-electron chi connectivity index (χ4n) is 2.39. The number of hydrogen-bond donors (Lipinski definition) is 1. The zero-order valence-electron chi connectivity index (χ0n) is 11.9. The first-order chi connectivity index (χ1) is 9.87. The zero-order chi connectivity index (χ0) is 15.5. The van der Waals surface area contributed by atoms with E-state index in [1.165, 1.54) is 0 Å². The topological polar surface area (TPSA) is 32.3 Å². The van der Waals surface area contributed by atoms with E-state index in [9.17, 15) is 18.0 Å². The largest absolute Gasteiger partial charge is 0.406 e. The summed E-state index contributed by atoms with van der Waals surface area (Å²) in [6.07, 6.45) is -4.39. The molecule has 3 nitrogen and oxygen atoms in total. The molecule has 1 saturated heterocycles. The molecule has 2 rings (SSSR count). The molecule has 6 heteroatoms. The van der Waals surface area contributed by atoms with Gasteiger partial charge in [-0.25, -0.2) is 0 Å². The molecule has 0 aliphatic carbocycles. The van der Waals surface area contributed by atoms with Gasteiger partial charge in [0.05, 0.1) is 0 Å².